The molecule has 2 aromatic heterocycles. The van der Waals surface area contributed by atoms with Crippen molar-refractivity contribution in [3.63, 3.8) is 0 Å². The summed E-state index contributed by atoms with van der Waals surface area (Å²) in [5, 5.41) is 15.3. The minimum Gasteiger partial charge on any atom is -0.512 e. The van der Waals surface area contributed by atoms with Crippen LogP contribution >= 0.6 is 0 Å². The molecule has 0 amide bonds. The van der Waals surface area contributed by atoms with Gasteiger partial charge in [-0.05, 0) is 59.2 Å². The smallest absolute Gasteiger partial charge is 0.164 e. The van der Waals surface area contributed by atoms with Gasteiger partial charge in [-0.25, -0.2) is 4.98 Å². The summed E-state index contributed by atoms with van der Waals surface area (Å²) in [5.74, 6) is 0.149. The van der Waals surface area contributed by atoms with E-state index in [0.29, 0.717) is 0 Å². The number of aliphatic hydroxyl groups is 1. The molecule has 0 unspecified atom stereocenters. The zero-order valence-corrected chi connectivity index (χ0v) is 32.4. The van der Waals surface area contributed by atoms with Gasteiger partial charge in [-0.3, -0.25) is 9.78 Å². The first kappa shape index (κ1) is 37.0. The van der Waals surface area contributed by atoms with E-state index < -0.39 is 5.41 Å². The van der Waals surface area contributed by atoms with Gasteiger partial charge in [-0.2, -0.15) is 0 Å². The van der Waals surface area contributed by atoms with Gasteiger partial charge in [0.1, 0.15) is 17.7 Å². The van der Waals surface area contributed by atoms with Crippen LogP contribution in [0, 0.1) is 30.7 Å². The number of aryl methyl sites for hydroxylation is 2. The number of aromatic nitrogens is 2. The van der Waals surface area contributed by atoms with E-state index in [2.05, 4.69) is 89.2 Å². The van der Waals surface area contributed by atoms with Gasteiger partial charge in [0.2, 0.25) is 0 Å². The fourth-order valence-corrected chi connectivity index (χ4v) is 5.57. The monoisotopic (exact) mass is 820 g/mol. The largest absolute Gasteiger partial charge is 0.512 e. The fourth-order valence-electron chi connectivity index (χ4n) is 5.57. The van der Waals surface area contributed by atoms with E-state index in [4.69, 9.17) is 14.4 Å². The second-order valence-electron chi connectivity index (χ2n) is 15.4. The van der Waals surface area contributed by atoms with E-state index in [9.17, 15) is 9.90 Å². The van der Waals surface area contributed by atoms with Gasteiger partial charge >= 0.3 is 0 Å². The predicted octanol–water partition coefficient (Wildman–Crippen LogP) is 11.5. The van der Waals surface area contributed by atoms with E-state index in [1.165, 1.54) is 33.5 Å². The Bertz CT molecular complexity index is 2180. The predicted molar refractivity (Wildman–Crippen MR) is 196 cm³/mol. The molecule has 5 nitrogen and oxygen atoms in total. The molecule has 48 heavy (non-hydrogen) atoms. The number of carbonyl (C=O) groups excluding carboxylic acids is 1. The summed E-state index contributed by atoms with van der Waals surface area (Å²) in [6.07, 6.45) is 3.84. The summed E-state index contributed by atoms with van der Waals surface area (Å²) in [4.78, 5) is 21.0. The standard InChI is InChI=1S/C30H25N2O.C12H22O2.Ir/c1-17-9-11-21-22-7-6-8-24(29(22)33-25(21)13-17)27-23-12-10-19-15-20(30(3,4)5)14-18(2)26(19)28(23)32-16-31-27;1-7-12(5,6)10(14)8-9(13)11(2,3)4;/h6-7,9-16H,1-5H3;8,14H,7H2,1-6H3;/q-1;;/b;10-8-;. The molecule has 6 rings (SSSR count). The molecule has 6 aromatic rings. The first-order valence-corrected chi connectivity index (χ1v) is 16.4. The van der Waals surface area contributed by atoms with Crippen LogP contribution in [-0.2, 0) is 30.3 Å². The van der Waals surface area contributed by atoms with Crippen molar-refractivity contribution in [2.24, 2.45) is 10.8 Å². The van der Waals surface area contributed by atoms with Crippen molar-refractivity contribution in [2.75, 3.05) is 0 Å². The van der Waals surface area contributed by atoms with Gasteiger partial charge in [0.05, 0.1) is 11.1 Å². The van der Waals surface area contributed by atoms with Gasteiger partial charge in [0.25, 0.3) is 0 Å². The average Bonchev–Trinajstić information content (AvgIpc) is 3.37. The number of rotatable bonds is 4. The fraction of sp³-hybridized carbons (Fsp3) is 0.357. The third-order valence-corrected chi connectivity index (χ3v) is 9.19. The first-order chi connectivity index (χ1) is 21.9. The quantitative estimate of drug-likeness (QED) is 0.0830. The maximum atomic E-state index is 11.6. The van der Waals surface area contributed by atoms with Crippen LogP contribution < -0.4 is 0 Å². The SMILES string of the molecule is CCC(C)(C)/C(O)=C/C(=O)C(C)(C)C.Cc1ccc2c(c1)oc1c(-c3ncnc4c3ccc3cc(C(C)(C)C)cc(C)c34)[c-]ccc12.[Ir]. The Balaban J connectivity index is 0.000000297. The average molecular weight is 820 g/mol. The maximum absolute atomic E-state index is 11.6. The van der Waals surface area contributed by atoms with Gasteiger partial charge in [0.15, 0.2) is 5.78 Å². The number of hydrogen-bond acceptors (Lipinski definition) is 5. The number of hydrogen-bond donors (Lipinski definition) is 1. The zero-order chi connectivity index (χ0) is 34.5. The molecule has 0 aliphatic rings. The molecule has 0 atom stereocenters. The number of nitrogens with zero attached hydrogens (tertiary/aromatic N) is 2. The second kappa shape index (κ2) is 13.6. The van der Waals surface area contributed by atoms with Crippen LogP contribution in [0.4, 0.5) is 0 Å². The molecule has 0 aliphatic carbocycles. The molecule has 0 saturated carbocycles. The molecule has 0 bridgehead atoms. The van der Waals surface area contributed by atoms with Crippen LogP contribution in [-0.4, -0.2) is 20.9 Å². The number of allylic oxidation sites excluding steroid dienone is 2. The molecule has 0 fully saturated rings. The molecule has 2 heterocycles. The molecule has 253 valence electrons. The normalized spacial score (nSPS) is 12.7. The number of fused-ring (bicyclic) bond motifs is 6. The van der Waals surface area contributed by atoms with E-state index in [0.717, 1.165) is 50.5 Å². The Morgan fingerprint density at radius 2 is 1.58 bits per heavy atom. The van der Waals surface area contributed by atoms with Crippen LogP contribution in [0.1, 0.15) is 85.4 Å². The van der Waals surface area contributed by atoms with E-state index in [-0.39, 0.29) is 42.5 Å². The topological polar surface area (TPSA) is 76.2 Å². The van der Waals surface area contributed by atoms with Gasteiger partial charge < -0.3 is 9.52 Å². The molecule has 0 aliphatic heterocycles. The van der Waals surface area contributed by atoms with E-state index in [1.54, 1.807) is 6.33 Å². The van der Waals surface area contributed by atoms with Crippen LogP contribution in [0.3, 0.4) is 0 Å². The molecule has 4 aromatic carbocycles. The van der Waals surface area contributed by atoms with Crippen molar-refractivity contribution < 1.29 is 34.4 Å². The second-order valence-corrected chi connectivity index (χ2v) is 15.4. The number of aliphatic hydroxyl groups excluding tert-OH is 1. The summed E-state index contributed by atoms with van der Waals surface area (Å²) in [7, 11) is 0. The molecule has 6 heteroatoms. The van der Waals surface area contributed by atoms with Crippen molar-refractivity contribution in [3.05, 3.63) is 95.5 Å². The van der Waals surface area contributed by atoms with Gasteiger partial charge in [0, 0.05) is 53.5 Å². The van der Waals surface area contributed by atoms with E-state index in [1.807, 2.05) is 47.6 Å². The summed E-state index contributed by atoms with van der Waals surface area (Å²) in [5.41, 5.74) is 7.50. The first-order valence-electron chi connectivity index (χ1n) is 16.4. The van der Waals surface area contributed by atoms with Gasteiger partial charge in [-0.15, -0.1) is 18.2 Å². The minimum atomic E-state index is -0.419. The van der Waals surface area contributed by atoms with Crippen molar-refractivity contribution in [3.8, 4) is 11.3 Å². The van der Waals surface area contributed by atoms with E-state index >= 15 is 0 Å². The van der Waals surface area contributed by atoms with Crippen molar-refractivity contribution >= 4 is 49.4 Å². The summed E-state index contributed by atoms with van der Waals surface area (Å²) < 4.78 is 6.34. The van der Waals surface area contributed by atoms with Crippen molar-refractivity contribution in [1.82, 2.24) is 9.97 Å². The Kier molecular flexibility index (Phi) is 10.4. The number of furan rings is 1. The van der Waals surface area contributed by atoms with Gasteiger partial charge in [-0.1, -0.05) is 110 Å². The third-order valence-electron chi connectivity index (χ3n) is 9.19. The van der Waals surface area contributed by atoms with Crippen LogP contribution in [0.25, 0.3) is 54.9 Å². The summed E-state index contributed by atoms with van der Waals surface area (Å²) in [6.45, 7) is 22.4. The van der Waals surface area contributed by atoms with Crippen molar-refractivity contribution in [2.45, 2.75) is 88.0 Å². The zero-order valence-electron chi connectivity index (χ0n) is 30.0. The summed E-state index contributed by atoms with van der Waals surface area (Å²) >= 11 is 0. The minimum absolute atomic E-state index is 0. The Morgan fingerprint density at radius 1 is 0.896 bits per heavy atom. The van der Waals surface area contributed by atoms with Crippen molar-refractivity contribution in [1.29, 1.82) is 0 Å². The Labute approximate surface area is 298 Å². The summed E-state index contributed by atoms with van der Waals surface area (Å²) in [6, 6.07) is 22.7. The molecular weight excluding hydrogens is 773 g/mol. The number of benzene rings is 4. The number of ketones is 1. The van der Waals surface area contributed by atoms with Crippen LogP contribution in [0.5, 0.6) is 0 Å². The van der Waals surface area contributed by atoms with Crippen LogP contribution in [0.15, 0.2) is 77.2 Å². The van der Waals surface area contributed by atoms with Crippen LogP contribution in [0.2, 0.25) is 0 Å². The Morgan fingerprint density at radius 3 is 2.23 bits per heavy atom. The molecule has 1 radical (unpaired) electrons. The third kappa shape index (κ3) is 7.26. The maximum Gasteiger partial charge on any atom is 0.164 e. The number of carbonyl (C=O) groups is 1. The Hall–Kier alpha value is -3.86. The molecule has 0 saturated heterocycles. The molecule has 1 N–H and O–H groups in total. The molecule has 0 spiro atoms. The molecular formula is C42H47IrN2O3-.